The van der Waals surface area contributed by atoms with E-state index in [1.807, 2.05) is 6.92 Å². The Morgan fingerprint density at radius 2 is 1.90 bits per heavy atom. The highest BCUT2D eigenvalue weighted by Gasteiger charge is 2.45. The zero-order valence-corrected chi connectivity index (χ0v) is 17.9. The largest absolute Gasteiger partial charge is 0.485 e. The number of ketones is 1. The SMILES string of the molecule is CCCC(=O)c1ccc2c(c1)[C@@H](NS(=O)(=O)c1ccccc1C)[C@H](O)C(C)(C)O2. The Morgan fingerprint density at radius 3 is 2.55 bits per heavy atom. The number of aliphatic hydroxyl groups excluding tert-OH is 1. The number of fused-ring (bicyclic) bond motifs is 1. The fraction of sp³-hybridized carbons (Fsp3) is 0.409. The maximum atomic E-state index is 13.1. The van der Waals surface area contributed by atoms with Crippen LogP contribution in [0.2, 0.25) is 0 Å². The van der Waals surface area contributed by atoms with Crippen molar-refractivity contribution in [1.29, 1.82) is 0 Å². The van der Waals surface area contributed by atoms with Crippen molar-refractivity contribution >= 4 is 15.8 Å². The van der Waals surface area contributed by atoms with Gasteiger partial charge in [-0.25, -0.2) is 13.1 Å². The van der Waals surface area contributed by atoms with E-state index in [1.165, 1.54) is 6.07 Å². The molecule has 2 aromatic rings. The lowest BCUT2D eigenvalue weighted by molar-refractivity contribution is -0.0603. The number of rotatable bonds is 6. The molecule has 0 spiro atoms. The smallest absolute Gasteiger partial charge is 0.241 e. The Kier molecular flexibility index (Phi) is 5.85. The lowest BCUT2D eigenvalue weighted by Crippen LogP contribution is -2.53. The summed E-state index contributed by atoms with van der Waals surface area (Å²) in [6.07, 6.45) is -0.0380. The average Bonchev–Trinajstić information content (AvgIpc) is 2.65. The average molecular weight is 418 g/mol. The van der Waals surface area contributed by atoms with Crippen molar-refractivity contribution in [2.45, 2.75) is 63.2 Å². The van der Waals surface area contributed by atoms with Gasteiger partial charge in [0.05, 0.1) is 10.9 Å². The van der Waals surface area contributed by atoms with Crippen molar-refractivity contribution < 1.29 is 23.1 Å². The van der Waals surface area contributed by atoms with Crippen molar-refractivity contribution in [2.24, 2.45) is 0 Å². The predicted octanol–water partition coefficient (Wildman–Crippen LogP) is 3.53. The molecule has 3 rings (SSSR count). The van der Waals surface area contributed by atoms with Crippen molar-refractivity contribution in [3.8, 4) is 5.75 Å². The van der Waals surface area contributed by atoms with Gasteiger partial charge in [-0.1, -0.05) is 25.1 Å². The molecule has 0 unspecified atom stereocenters. The molecule has 29 heavy (non-hydrogen) atoms. The zero-order valence-electron chi connectivity index (χ0n) is 17.1. The fourth-order valence-corrected chi connectivity index (χ4v) is 5.03. The molecule has 0 aliphatic carbocycles. The van der Waals surface area contributed by atoms with Crippen LogP contribution in [0.25, 0.3) is 0 Å². The monoisotopic (exact) mass is 417 g/mol. The summed E-state index contributed by atoms with van der Waals surface area (Å²) < 4.78 is 34.7. The van der Waals surface area contributed by atoms with E-state index in [0.717, 1.165) is 0 Å². The minimum Gasteiger partial charge on any atom is -0.485 e. The maximum absolute atomic E-state index is 13.1. The number of hydrogen-bond acceptors (Lipinski definition) is 5. The number of ether oxygens (including phenoxy) is 1. The standard InChI is InChI=1S/C22H27NO5S/c1-5-8-17(24)15-11-12-18-16(13-15)20(21(25)22(3,4)28-18)23-29(26,27)19-10-7-6-9-14(19)2/h6-7,9-13,20-21,23,25H,5,8H2,1-4H3/t20-,21+/m1/s1. The van der Waals surface area contributed by atoms with Crippen LogP contribution in [0.4, 0.5) is 0 Å². The summed E-state index contributed by atoms with van der Waals surface area (Å²) in [5, 5.41) is 10.9. The van der Waals surface area contributed by atoms with Crippen molar-refractivity contribution in [3.05, 3.63) is 59.2 Å². The van der Waals surface area contributed by atoms with Gasteiger partial charge in [0, 0.05) is 17.5 Å². The van der Waals surface area contributed by atoms with Crippen LogP contribution in [-0.2, 0) is 10.0 Å². The summed E-state index contributed by atoms with van der Waals surface area (Å²) in [5.74, 6) is 0.418. The topological polar surface area (TPSA) is 92.7 Å². The molecule has 0 saturated heterocycles. The van der Waals surface area contributed by atoms with E-state index in [-0.39, 0.29) is 10.7 Å². The normalized spacial score (nSPS) is 20.6. The van der Waals surface area contributed by atoms with Gasteiger partial charge >= 0.3 is 0 Å². The quantitative estimate of drug-likeness (QED) is 0.702. The van der Waals surface area contributed by atoms with Gasteiger partial charge in [0.25, 0.3) is 0 Å². The molecule has 1 aliphatic rings. The van der Waals surface area contributed by atoms with E-state index in [2.05, 4.69) is 4.72 Å². The Morgan fingerprint density at radius 1 is 1.21 bits per heavy atom. The highest BCUT2D eigenvalue weighted by molar-refractivity contribution is 7.89. The summed E-state index contributed by atoms with van der Waals surface area (Å²) in [5.41, 5.74) is 0.519. The molecule has 0 saturated carbocycles. The van der Waals surface area contributed by atoms with Crippen LogP contribution in [-0.4, -0.2) is 31.0 Å². The van der Waals surface area contributed by atoms with Crippen LogP contribution in [0.5, 0.6) is 5.75 Å². The summed E-state index contributed by atoms with van der Waals surface area (Å²) in [6.45, 7) is 7.04. The minimum atomic E-state index is -3.91. The van der Waals surface area contributed by atoms with Crippen molar-refractivity contribution in [1.82, 2.24) is 4.72 Å². The summed E-state index contributed by atoms with van der Waals surface area (Å²) in [7, 11) is -3.91. The fourth-order valence-electron chi connectivity index (χ4n) is 3.56. The first kappa shape index (κ1) is 21.5. The number of aryl methyl sites for hydroxylation is 1. The summed E-state index contributed by atoms with van der Waals surface area (Å²) in [6, 6.07) is 10.7. The summed E-state index contributed by atoms with van der Waals surface area (Å²) >= 11 is 0. The molecule has 0 amide bonds. The number of carbonyl (C=O) groups excluding carboxylic acids is 1. The van der Waals surface area contributed by atoms with Crippen molar-refractivity contribution in [3.63, 3.8) is 0 Å². The number of carbonyl (C=O) groups is 1. The van der Waals surface area contributed by atoms with Crippen LogP contribution < -0.4 is 9.46 Å². The highest BCUT2D eigenvalue weighted by atomic mass is 32.2. The molecule has 7 heteroatoms. The molecule has 6 nitrogen and oxygen atoms in total. The van der Waals surface area contributed by atoms with Gasteiger partial charge in [-0.15, -0.1) is 0 Å². The zero-order chi connectivity index (χ0) is 21.4. The van der Waals surface area contributed by atoms with Gasteiger partial charge in [0.1, 0.15) is 17.5 Å². The molecular formula is C22H27NO5S. The lowest BCUT2D eigenvalue weighted by atomic mass is 9.86. The van der Waals surface area contributed by atoms with Crippen LogP contribution in [0, 0.1) is 6.92 Å². The van der Waals surface area contributed by atoms with E-state index in [9.17, 15) is 18.3 Å². The number of Topliss-reactive ketones (excluding diaryl/α,β-unsaturated/α-hetero) is 1. The van der Waals surface area contributed by atoms with E-state index in [1.54, 1.807) is 57.2 Å². The number of nitrogens with one attached hydrogen (secondary N) is 1. The first-order chi connectivity index (χ1) is 13.6. The minimum absolute atomic E-state index is 0.0323. The Labute approximate surface area is 172 Å². The first-order valence-corrected chi connectivity index (χ1v) is 11.2. The molecule has 2 aromatic carbocycles. The van der Waals surface area contributed by atoms with E-state index in [0.29, 0.717) is 35.3 Å². The Bertz CT molecular complexity index is 1030. The van der Waals surface area contributed by atoms with E-state index >= 15 is 0 Å². The first-order valence-electron chi connectivity index (χ1n) is 9.69. The van der Waals surface area contributed by atoms with E-state index < -0.39 is 27.8 Å². The molecule has 156 valence electrons. The van der Waals surface area contributed by atoms with Gasteiger partial charge in [-0.3, -0.25) is 4.79 Å². The Hall–Kier alpha value is -2.22. The van der Waals surface area contributed by atoms with Crippen LogP contribution in [0.3, 0.4) is 0 Å². The molecule has 0 aromatic heterocycles. The van der Waals surface area contributed by atoms with Gasteiger partial charge < -0.3 is 9.84 Å². The van der Waals surface area contributed by atoms with E-state index in [4.69, 9.17) is 4.74 Å². The molecule has 2 atom stereocenters. The number of benzene rings is 2. The molecule has 1 heterocycles. The molecule has 2 N–H and O–H groups in total. The second-order valence-corrected chi connectivity index (χ2v) is 9.62. The van der Waals surface area contributed by atoms with Crippen LogP contribution >= 0.6 is 0 Å². The van der Waals surface area contributed by atoms with Gasteiger partial charge in [-0.2, -0.15) is 0 Å². The molecule has 0 fully saturated rings. The van der Waals surface area contributed by atoms with Crippen LogP contribution in [0.15, 0.2) is 47.4 Å². The Balaban J connectivity index is 2.07. The van der Waals surface area contributed by atoms with Crippen LogP contribution in [0.1, 0.15) is 61.1 Å². The van der Waals surface area contributed by atoms with Crippen molar-refractivity contribution in [2.75, 3.05) is 0 Å². The van der Waals surface area contributed by atoms with Gasteiger partial charge in [0.15, 0.2) is 5.78 Å². The third kappa shape index (κ3) is 4.22. The van der Waals surface area contributed by atoms with Gasteiger partial charge in [0.2, 0.25) is 10.0 Å². The number of sulfonamides is 1. The highest BCUT2D eigenvalue weighted by Crippen LogP contribution is 2.41. The number of hydrogen-bond donors (Lipinski definition) is 2. The molecule has 0 bridgehead atoms. The maximum Gasteiger partial charge on any atom is 0.241 e. The third-order valence-electron chi connectivity index (χ3n) is 5.21. The second-order valence-electron chi connectivity index (χ2n) is 7.94. The molecule has 0 radical (unpaired) electrons. The molecule has 1 aliphatic heterocycles. The molecular weight excluding hydrogens is 390 g/mol. The predicted molar refractivity (Wildman–Crippen MR) is 111 cm³/mol. The van der Waals surface area contributed by atoms with Gasteiger partial charge in [-0.05, 0) is 57.0 Å². The number of aliphatic hydroxyl groups is 1. The third-order valence-corrected chi connectivity index (χ3v) is 6.81. The summed E-state index contributed by atoms with van der Waals surface area (Å²) in [4.78, 5) is 12.5. The lowest BCUT2D eigenvalue weighted by Gasteiger charge is -2.42. The second kappa shape index (κ2) is 7.89.